The van der Waals surface area contributed by atoms with Crippen LogP contribution in [0.3, 0.4) is 0 Å². The molecule has 8 atom stereocenters. The molecule has 5 unspecified atom stereocenters. The van der Waals surface area contributed by atoms with Crippen molar-refractivity contribution in [1.82, 2.24) is 0 Å². The van der Waals surface area contributed by atoms with Gasteiger partial charge in [0, 0.05) is 31.8 Å². The molecule has 1 saturated carbocycles. The summed E-state index contributed by atoms with van der Waals surface area (Å²) in [7, 11) is -3.58. The maximum Gasteiger partial charge on any atom is 0.302 e. The van der Waals surface area contributed by atoms with Crippen LogP contribution in [0.4, 0.5) is 0 Å². The summed E-state index contributed by atoms with van der Waals surface area (Å²) in [6, 6.07) is 0. The van der Waals surface area contributed by atoms with Crippen LogP contribution in [0.5, 0.6) is 0 Å². The van der Waals surface area contributed by atoms with E-state index in [2.05, 4.69) is 39.0 Å². The maximum atomic E-state index is 12.0. The van der Waals surface area contributed by atoms with E-state index < -0.39 is 10.1 Å². The molecule has 10 heteroatoms. The quantitative estimate of drug-likeness (QED) is 0.0405. The average molecular weight is 709 g/mol. The standard InChI is InChI=1S/C39H64O9S/c1-28(2)14-12-15-29(3)16-13-18-35(47-37-19-7-10-22-44-37)39-34-25-32(24-33(34)26-36(39)48-38-20-8-11-23-45-38)31(27-46-49(5,41)42)17-6-9-21-43-30(4)40/h14,18,24,29,31,33-34,36-39H,6-13,15-17,19-23,25-27H2,1-5H3/t29-,31?,33?,34?,36+,37?,38?,39-/m1/s1. The van der Waals surface area contributed by atoms with E-state index in [1.54, 1.807) is 0 Å². The molecule has 0 amide bonds. The van der Waals surface area contributed by atoms with E-state index in [1.165, 1.54) is 24.5 Å². The predicted octanol–water partition coefficient (Wildman–Crippen LogP) is 8.40. The minimum Gasteiger partial charge on any atom is -0.469 e. The fourth-order valence-corrected chi connectivity index (χ4v) is 8.30. The molecule has 280 valence electrons. The highest BCUT2D eigenvalue weighted by atomic mass is 32.2. The summed E-state index contributed by atoms with van der Waals surface area (Å²) < 4.78 is 60.4. The number of unbranched alkanes of at least 4 members (excludes halogenated alkanes) is 1. The molecule has 4 rings (SSSR count). The van der Waals surface area contributed by atoms with E-state index in [4.69, 9.17) is 27.9 Å². The van der Waals surface area contributed by atoms with Crippen molar-refractivity contribution < 1.29 is 41.1 Å². The Morgan fingerprint density at radius 2 is 1.65 bits per heavy atom. The molecule has 4 aliphatic rings. The van der Waals surface area contributed by atoms with Gasteiger partial charge in [0.25, 0.3) is 10.1 Å². The number of hydrogen-bond acceptors (Lipinski definition) is 9. The van der Waals surface area contributed by atoms with Crippen LogP contribution in [0.1, 0.15) is 124 Å². The molecule has 2 heterocycles. The van der Waals surface area contributed by atoms with Gasteiger partial charge < -0.3 is 23.7 Å². The normalized spacial score (nSPS) is 28.8. The Morgan fingerprint density at radius 3 is 2.29 bits per heavy atom. The summed E-state index contributed by atoms with van der Waals surface area (Å²) in [4.78, 5) is 11.2. The highest BCUT2D eigenvalue weighted by Crippen LogP contribution is 2.53. The zero-order valence-corrected chi connectivity index (χ0v) is 31.7. The van der Waals surface area contributed by atoms with E-state index in [9.17, 15) is 13.2 Å². The molecule has 0 radical (unpaired) electrons. The number of esters is 1. The number of ether oxygens (including phenoxy) is 5. The first-order valence-electron chi connectivity index (χ1n) is 19.1. The Kier molecular flexibility index (Phi) is 16.6. The molecule has 2 saturated heterocycles. The van der Waals surface area contributed by atoms with Crippen LogP contribution in [0.2, 0.25) is 0 Å². The summed E-state index contributed by atoms with van der Waals surface area (Å²) in [5, 5.41) is 0. The van der Waals surface area contributed by atoms with Gasteiger partial charge in [0.2, 0.25) is 0 Å². The van der Waals surface area contributed by atoms with Gasteiger partial charge in [0.05, 0.1) is 32.2 Å². The molecule has 0 bridgehead atoms. The fourth-order valence-electron chi connectivity index (χ4n) is 7.89. The lowest BCUT2D eigenvalue weighted by molar-refractivity contribution is -0.201. The Labute approximate surface area is 296 Å². The smallest absolute Gasteiger partial charge is 0.302 e. The van der Waals surface area contributed by atoms with Crippen molar-refractivity contribution in [3.8, 4) is 0 Å². The topological polar surface area (TPSA) is 107 Å². The van der Waals surface area contributed by atoms with E-state index in [1.807, 2.05) is 0 Å². The third kappa shape index (κ3) is 14.1. The molecule has 0 aromatic heterocycles. The van der Waals surface area contributed by atoms with Gasteiger partial charge in [-0.15, -0.1) is 0 Å². The van der Waals surface area contributed by atoms with Crippen molar-refractivity contribution in [2.45, 2.75) is 143 Å². The minimum atomic E-state index is -3.58. The molecule has 0 aromatic carbocycles. The molecule has 2 aliphatic carbocycles. The van der Waals surface area contributed by atoms with Crippen LogP contribution in [0.15, 0.2) is 35.1 Å². The third-order valence-electron chi connectivity index (χ3n) is 10.5. The molecule has 0 spiro atoms. The monoisotopic (exact) mass is 708 g/mol. The van der Waals surface area contributed by atoms with Crippen molar-refractivity contribution >= 4 is 16.1 Å². The third-order valence-corrected chi connectivity index (χ3v) is 11.1. The Morgan fingerprint density at radius 1 is 0.959 bits per heavy atom. The number of carbonyl (C=O) groups excluding carboxylic acids is 1. The lowest BCUT2D eigenvalue weighted by Gasteiger charge is -2.34. The molecule has 2 aliphatic heterocycles. The predicted molar refractivity (Wildman–Crippen MR) is 191 cm³/mol. The van der Waals surface area contributed by atoms with Crippen molar-refractivity contribution in [2.75, 3.05) is 32.7 Å². The van der Waals surface area contributed by atoms with Gasteiger partial charge in [0.1, 0.15) is 5.76 Å². The Balaban J connectivity index is 1.54. The van der Waals surface area contributed by atoms with Crippen molar-refractivity contribution in [3.63, 3.8) is 0 Å². The second kappa shape index (κ2) is 20.4. The number of rotatable bonds is 20. The van der Waals surface area contributed by atoms with Crippen molar-refractivity contribution in [3.05, 3.63) is 35.1 Å². The lowest BCUT2D eigenvalue weighted by atomic mass is 9.84. The summed E-state index contributed by atoms with van der Waals surface area (Å²) in [6.45, 7) is 10.0. The minimum absolute atomic E-state index is 0.0315. The van der Waals surface area contributed by atoms with E-state index in [0.29, 0.717) is 12.5 Å². The molecule has 0 aromatic rings. The second-order valence-electron chi connectivity index (χ2n) is 15.1. The SMILES string of the molecule is CC(=O)OCCCCC(COS(C)(=O)=O)C1=CC2C[C@H](OC3CCCCO3)[C@@H](C(=CCC[C@H](C)CCC=C(C)C)OC3CCCCO3)C2C1. The van der Waals surface area contributed by atoms with Crippen molar-refractivity contribution in [2.24, 2.45) is 29.6 Å². The highest BCUT2D eigenvalue weighted by Gasteiger charge is 2.50. The fraction of sp³-hybridized carbons (Fsp3) is 0.821. The molecular weight excluding hydrogens is 644 g/mol. The summed E-state index contributed by atoms with van der Waals surface area (Å²) >= 11 is 0. The Hall–Kier alpha value is -1.72. The summed E-state index contributed by atoms with van der Waals surface area (Å²) in [5.41, 5.74) is 2.63. The van der Waals surface area contributed by atoms with E-state index in [-0.39, 0.29) is 54.9 Å². The van der Waals surface area contributed by atoms with Crippen LogP contribution in [0.25, 0.3) is 0 Å². The summed E-state index contributed by atoms with van der Waals surface area (Å²) in [6.07, 6.45) is 22.1. The zero-order valence-electron chi connectivity index (χ0n) is 30.9. The van der Waals surface area contributed by atoms with Gasteiger partial charge in [0.15, 0.2) is 12.6 Å². The van der Waals surface area contributed by atoms with E-state index >= 15 is 0 Å². The largest absolute Gasteiger partial charge is 0.469 e. The lowest BCUT2D eigenvalue weighted by Crippen LogP contribution is -2.34. The van der Waals surface area contributed by atoms with Crippen LogP contribution in [-0.2, 0) is 42.8 Å². The van der Waals surface area contributed by atoms with Gasteiger partial charge in [-0.05, 0) is 128 Å². The highest BCUT2D eigenvalue weighted by molar-refractivity contribution is 7.85. The van der Waals surface area contributed by atoms with Gasteiger partial charge >= 0.3 is 5.97 Å². The van der Waals surface area contributed by atoms with E-state index in [0.717, 1.165) is 115 Å². The maximum absolute atomic E-state index is 12.0. The molecule has 49 heavy (non-hydrogen) atoms. The first-order chi connectivity index (χ1) is 23.5. The van der Waals surface area contributed by atoms with Crippen molar-refractivity contribution in [1.29, 1.82) is 0 Å². The molecule has 3 fully saturated rings. The number of allylic oxidation sites excluding steroid dienone is 4. The summed E-state index contributed by atoms with van der Waals surface area (Å²) in [5.74, 6) is 1.90. The zero-order chi connectivity index (χ0) is 35.2. The van der Waals surface area contributed by atoms with Gasteiger partial charge in [-0.2, -0.15) is 8.42 Å². The molecule has 9 nitrogen and oxygen atoms in total. The molecular formula is C39H64O9S. The van der Waals surface area contributed by atoms with Crippen LogP contribution in [-0.4, -0.2) is 65.8 Å². The first-order valence-corrected chi connectivity index (χ1v) is 20.9. The number of hydrogen-bond donors (Lipinski definition) is 0. The van der Waals surface area contributed by atoms with Gasteiger partial charge in [-0.3, -0.25) is 8.98 Å². The van der Waals surface area contributed by atoms with Crippen LogP contribution < -0.4 is 0 Å². The number of fused-ring (bicyclic) bond motifs is 1. The van der Waals surface area contributed by atoms with Crippen LogP contribution >= 0.6 is 0 Å². The van der Waals surface area contributed by atoms with Gasteiger partial charge in [-0.1, -0.05) is 30.2 Å². The number of carbonyl (C=O) groups is 1. The molecule has 0 N–H and O–H groups in total. The van der Waals surface area contributed by atoms with Gasteiger partial charge in [-0.25, -0.2) is 0 Å². The Bertz CT molecular complexity index is 1210. The average Bonchev–Trinajstić information content (AvgIpc) is 3.59. The van der Waals surface area contributed by atoms with Crippen LogP contribution in [0, 0.1) is 29.6 Å². The second-order valence-corrected chi connectivity index (χ2v) is 16.7. The first kappa shape index (κ1) is 40.1.